The molecule has 0 aliphatic heterocycles. The van der Waals surface area contributed by atoms with E-state index < -0.39 is 6.04 Å². The largest absolute Gasteiger partial charge is 0.462 e. The van der Waals surface area contributed by atoms with Gasteiger partial charge < -0.3 is 19.9 Å². The molecule has 17 heavy (non-hydrogen) atoms. The zero-order valence-corrected chi connectivity index (χ0v) is 11.1. The highest BCUT2D eigenvalue weighted by Crippen LogP contribution is 2.06. The first kappa shape index (κ1) is 16.4. The number of hydrogen-bond donors (Lipinski definition) is 1. The monoisotopic (exact) mass is 247 g/mol. The van der Waals surface area contributed by atoms with Gasteiger partial charge in [-0.05, 0) is 12.3 Å². The molecule has 5 heteroatoms. The summed E-state index contributed by atoms with van der Waals surface area (Å²) in [6.45, 7) is 5.89. The number of ether oxygens (including phenoxy) is 3. The van der Waals surface area contributed by atoms with Gasteiger partial charge in [-0.3, -0.25) is 4.79 Å². The third-order valence-corrected chi connectivity index (χ3v) is 2.64. The Morgan fingerprint density at radius 2 is 1.94 bits per heavy atom. The zero-order valence-electron chi connectivity index (χ0n) is 11.1. The molecule has 0 fully saturated rings. The number of carbonyl (C=O) groups is 1. The number of hydrogen-bond acceptors (Lipinski definition) is 5. The van der Waals surface area contributed by atoms with Gasteiger partial charge in [0.15, 0.2) is 0 Å². The molecule has 0 rings (SSSR count). The van der Waals surface area contributed by atoms with Gasteiger partial charge in [0.1, 0.15) is 12.6 Å². The lowest BCUT2D eigenvalue weighted by atomic mass is 10.0. The van der Waals surface area contributed by atoms with Gasteiger partial charge in [0.2, 0.25) is 0 Å². The average molecular weight is 247 g/mol. The summed E-state index contributed by atoms with van der Waals surface area (Å²) in [5.74, 6) is -0.204. The van der Waals surface area contributed by atoms with E-state index in [1.165, 1.54) is 0 Å². The topological polar surface area (TPSA) is 70.8 Å². The fraction of sp³-hybridized carbons (Fsp3) is 0.917. The molecule has 2 N–H and O–H groups in total. The molecule has 0 saturated carbocycles. The van der Waals surface area contributed by atoms with Crippen LogP contribution in [0.5, 0.6) is 0 Å². The Morgan fingerprint density at radius 1 is 1.24 bits per heavy atom. The molecule has 0 aromatic heterocycles. The Morgan fingerprint density at radius 3 is 2.53 bits per heavy atom. The van der Waals surface area contributed by atoms with Crippen LogP contribution in [-0.2, 0) is 19.0 Å². The Labute approximate surface area is 104 Å². The third-order valence-electron chi connectivity index (χ3n) is 2.64. The van der Waals surface area contributed by atoms with Crippen LogP contribution < -0.4 is 5.73 Å². The minimum Gasteiger partial charge on any atom is -0.462 e. The second kappa shape index (κ2) is 10.5. The van der Waals surface area contributed by atoms with Crippen molar-refractivity contribution in [3.8, 4) is 0 Å². The lowest BCUT2D eigenvalue weighted by molar-refractivity contribution is -0.148. The molecule has 0 unspecified atom stereocenters. The van der Waals surface area contributed by atoms with E-state index in [9.17, 15) is 4.79 Å². The lowest BCUT2D eigenvalue weighted by Crippen LogP contribution is -2.38. The van der Waals surface area contributed by atoms with E-state index in [1.54, 1.807) is 7.11 Å². The SMILES string of the molecule is CC[C@H](C)[C@H](N)C(=O)OCCOCCCOC. The van der Waals surface area contributed by atoms with Crippen LogP contribution in [0.2, 0.25) is 0 Å². The summed E-state index contributed by atoms with van der Waals surface area (Å²) in [6, 6.07) is -0.534. The van der Waals surface area contributed by atoms with Crippen LogP contribution in [-0.4, -0.2) is 45.5 Å². The molecule has 0 radical (unpaired) electrons. The van der Waals surface area contributed by atoms with Gasteiger partial charge in [0.25, 0.3) is 0 Å². The highest BCUT2D eigenvalue weighted by atomic mass is 16.6. The summed E-state index contributed by atoms with van der Waals surface area (Å²) < 4.78 is 15.1. The summed E-state index contributed by atoms with van der Waals surface area (Å²) >= 11 is 0. The average Bonchev–Trinajstić information content (AvgIpc) is 2.35. The second-order valence-corrected chi connectivity index (χ2v) is 4.04. The van der Waals surface area contributed by atoms with E-state index in [1.807, 2.05) is 13.8 Å². The summed E-state index contributed by atoms with van der Waals surface area (Å²) in [5.41, 5.74) is 5.72. The maximum Gasteiger partial charge on any atom is 0.323 e. The maximum atomic E-state index is 11.5. The van der Waals surface area contributed by atoms with E-state index in [0.717, 1.165) is 12.8 Å². The van der Waals surface area contributed by atoms with Crippen LogP contribution in [0.1, 0.15) is 26.7 Å². The first-order chi connectivity index (χ1) is 8.13. The molecular weight excluding hydrogens is 222 g/mol. The van der Waals surface area contributed by atoms with Gasteiger partial charge in [-0.1, -0.05) is 20.3 Å². The number of rotatable bonds is 10. The van der Waals surface area contributed by atoms with E-state index in [2.05, 4.69) is 0 Å². The fourth-order valence-corrected chi connectivity index (χ4v) is 1.19. The van der Waals surface area contributed by atoms with E-state index >= 15 is 0 Å². The number of nitrogens with two attached hydrogens (primary N) is 1. The Kier molecular flexibility index (Phi) is 10.1. The highest BCUT2D eigenvalue weighted by Gasteiger charge is 2.20. The predicted octanol–water partition coefficient (Wildman–Crippen LogP) is 0.956. The van der Waals surface area contributed by atoms with Gasteiger partial charge in [-0.15, -0.1) is 0 Å². The minimum atomic E-state index is -0.534. The third kappa shape index (κ3) is 8.12. The smallest absolute Gasteiger partial charge is 0.323 e. The highest BCUT2D eigenvalue weighted by molar-refractivity contribution is 5.75. The Balaban J connectivity index is 3.45. The molecule has 0 spiro atoms. The zero-order chi connectivity index (χ0) is 13.1. The van der Waals surface area contributed by atoms with Crippen molar-refractivity contribution in [1.82, 2.24) is 0 Å². The number of carbonyl (C=O) groups excluding carboxylic acids is 1. The van der Waals surface area contributed by atoms with Crippen molar-refractivity contribution in [1.29, 1.82) is 0 Å². The molecule has 5 nitrogen and oxygen atoms in total. The number of methoxy groups -OCH3 is 1. The summed E-state index contributed by atoms with van der Waals surface area (Å²) in [4.78, 5) is 11.5. The molecule has 0 aliphatic carbocycles. The van der Waals surface area contributed by atoms with Crippen molar-refractivity contribution in [3.63, 3.8) is 0 Å². The molecule has 0 aliphatic rings. The van der Waals surface area contributed by atoms with Gasteiger partial charge in [-0.25, -0.2) is 0 Å². The van der Waals surface area contributed by atoms with E-state index in [-0.39, 0.29) is 18.5 Å². The second-order valence-electron chi connectivity index (χ2n) is 4.04. The van der Waals surface area contributed by atoms with Crippen LogP contribution in [0.25, 0.3) is 0 Å². The standard InChI is InChI=1S/C12H25NO4/c1-4-10(2)11(13)12(14)17-9-8-16-7-5-6-15-3/h10-11H,4-9,13H2,1-3H3/t10-,11-/m0/s1. The van der Waals surface area contributed by atoms with Crippen LogP contribution in [0.15, 0.2) is 0 Å². The quantitative estimate of drug-likeness (QED) is 0.460. The molecule has 0 saturated heterocycles. The molecular formula is C12H25NO4. The van der Waals surface area contributed by atoms with Crippen molar-refractivity contribution in [2.24, 2.45) is 11.7 Å². The van der Waals surface area contributed by atoms with Crippen molar-refractivity contribution < 1.29 is 19.0 Å². The molecule has 102 valence electrons. The minimum absolute atomic E-state index is 0.144. The van der Waals surface area contributed by atoms with Crippen LogP contribution in [0.3, 0.4) is 0 Å². The first-order valence-electron chi connectivity index (χ1n) is 6.12. The number of esters is 1. The normalized spacial score (nSPS) is 14.4. The lowest BCUT2D eigenvalue weighted by Gasteiger charge is -2.16. The molecule has 0 aromatic carbocycles. The van der Waals surface area contributed by atoms with Crippen LogP contribution in [0.4, 0.5) is 0 Å². The molecule has 0 aromatic rings. The fourth-order valence-electron chi connectivity index (χ4n) is 1.19. The summed E-state index contributed by atoms with van der Waals surface area (Å²) in [5, 5.41) is 0. The van der Waals surface area contributed by atoms with Gasteiger partial charge in [0.05, 0.1) is 6.61 Å². The van der Waals surface area contributed by atoms with Gasteiger partial charge >= 0.3 is 5.97 Å². The maximum absolute atomic E-state index is 11.5. The van der Waals surface area contributed by atoms with E-state index in [4.69, 9.17) is 19.9 Å². The first-order valence-corrected chi connectivity index (χ1v) is 6.12. The molecule has 0 bridgehead atoms. The van der Waals surface area contributed by atoms with Crippen molar-refractivity contribution in [2.45, 2.75) is 32.7 Å². The van der Waals surface area contributed by atoms with E-state index in [0.29, 0.717) is 19.8 Å². The van der Waals surface area contributed by atoms with Gasteiger partial charge in [0, 0.05) is 20.3 Å². The van der Waals surface area contributed by atoms with Crippen molar-refractivity contribution in [2.75, 3.05) is 33.5 Å². The van der Waals surface area contributed by atoms with Crippen LogP contribution in [0, 0.1) is 5.92 Å². The summed E-state index contributed by atoms with van der Waals surface area (Å²) in [7, 11) is 1.65. The van der Waals surface area contributed by atoms with Gasteiger partial charge in [-0.2, -0.15) is 0 Å². The van der Waals surface area contributed by atoms with Crippen LogP contribution >= 0.6 is 0 Å². The summed E-state index contributed by atoms with van der Waals surface area (Å²) in [6.07, 6.45) is 1.71. The van der Waals surface area contributed by atoms with Crippen molar-refractivity contribution >= 4 is 5.97 Å². The molecule has 0 heterocycles. The molecule has 0 amide bonds. The van der Waals surface area contributed by atoms with Crippen molar-refractivity contribution in [3.05, 3.63) is 0 Å². The molecule has 2 atom stereocenters. The Bertz CT molecular complexity index is 199. The Hall–Kier alpha value is -0.650. The predicted molar refractivity (Wildman–Crippen MR) is 65.7 cm³/mol.